The normalized spacial score (nSPS) is 19.9. The minimum atomic E-state index is -4.80. The number of aryl methyl sites for hydroxylation is 1. The number of amides is 1. The highest BCUT2D eigenvalue weighted by Gasteiger charge is 2.52. The first-order valence-corrected chi connectivity index (χ1v) is 8.11. The number of hydrogen-bond donors (Lipinski definition) is 1. The minimum Gasteiger partial charge on any atom is -0.365 e. The van der Waals surface area contributed by atoms with E-state index in [9.17, 15) is 27.5 Å². The summed E-state index contributed by atoms with van der Waals surface area (Å²) in [5, 5.41) is 14.7. The van der Waals surface area contributed by atoms with Crippen LogP contribution < -0.4 is 0 Å². The van der Waals surface area contributed by atoms with E-state index in [1.165, 1.54) is 0 Å². The van der Waals surface area contributed by atoms with Gasteiger partial charge in [0.05, 0.1) is 12.8 Å². The van der Waals surface area contributed by atoms with Crippen molar-refractivity contribution >= 4 is 11.6 Å². The van der Waals surface area contributed by atoms with Crippen molar-refractivity contribution in [2.24, 2.45) is 5.10 Å². The van der Waals surface area contributed by atoms with Crippen molar-refractivity contribution in [3.8, 4) is 0 Å². The van der Waals surface area contributed by atoms with Gasteiger partial charge in [-0.3, -0.25) is 4.79 Å². The summed E-state index contributed by atoms with van der Waals surface area (Å²) in [4.78, 5) is 12.6. The Morgan fingerprint density at radius 3 is 2.30 bits per heavy atom. The second-order valence-corrected chi connectivity index (χ2v) is 6.41. The van der Waals surface area contributed by atoms with Crippen LogP contribution in [-0.2, 0) is 16.9 Å². The van der Waals surface area contributed by atoms with Crippen LogP contribution in [0.5, 0.6) is 0 Å². The lowest BCUT2D eigenvalue weighted by atomic mass is 9.96. The maximum atomic E-state index is 13.2. The average Bonchev–Trinajstić information content (AvgIpc) is 2.97. The molecule has 2 aromatic carbocycles. The Labute approximate surface area is 152 Å². The maximum absolute atomic E-state index is 13.2. The summed E-state index contributed by atoms with van der Waals surface area (Å²) in [5.74, 6) is -1.42. The van der Waals surface area contributed by atoms with Crippen LogP contribution >= 0.6 is 0 Å². The Kier molecular flexibility index (Phi) is 4.77. The molecule has 1 N–H and O–H groups in total. The smallest absolute Gasteiger partial charge is 0.365 e. The highest BCUT2D eigenvalue weighted by Crippen LogP contribution is 2.40. The lowest BCUT2D eigenvalue weighted by Crippen LogP contribution is -2.44. The molecule has 1 aliphatic rings. The molecule has 1 aliphatic heterocycles. The number of nitrogens with zero attached hydrogens (tertiary/aromatic N) is 2. The van der Waals surface area contributed by atoms with Crippen molar-refractivity contribution in [2.75, 3.05) is 0 Å². The summed E-state index contributed by atoms with van der Waals surface area (Å²) in [6, 6.07) is 11.2. The molecule has 1 atom stereocenters. The Morgan fingerprint density at radius 2 is 1.74 bits per heavy atom. The summed E-state index contributed by atoms with van der Waals surface area (Å²) in [5.41, 5.74) is -2.12. The number of carbonyl (C=O) groups excluding carboxylic acids is 1. The molecule has 0 bridgehead atoms. The summed E-state index contributed by atoms with van der Waals surface area (Å²) in [7, 11) is 0. The molecule has 142 valence electrons. The molecular weight excluding hydrogens is 364 g/mol. The number of halogens is 4. The Balaban J connectivity index is 1.96. The first-order valence-electron chi connectivity index (χ1n) is 8.11. The van der Waals surface area contributed by atoms with E-state index >= 15 is 0 Å². The van der Waals surface area contributed by atoms with Crippen LogP contribution in [0, 0.1) is 12.7 Å². The van der Waals surface area contributed by atoms with E-state index in [1.807, 2.05) is 6.92 Å². The van der Waals surface area contributed by atoms with E-state index in [1.54, 1.807) is 24.3 Å². The van der Waals surface area contributed by atoms with Crippen molar-refractivity contribution in [3.63, 3.8) is 0 Å². The standard InChI is InChI=1S/C19H16F4N2O2/c1-12-2-4-13(5-3-12)10-17(26)25-18(27,11-16(24-25)19(21,22)23)14-6-8-15(20)9-7-14/h2-9,27H,10-11H2,1H3/t18-/m0/s1. The molecule has 0 unspecified atom stereocenters. The van der Waals surface area contributed by atoms with Gasteiger partial charge in [-0.2, -0.15) is 23.3 Å². The fourth-order valence-corrected chi connectivity index (χ4v) is 2.86. The zero-order valence-electron chi connectivity index (χ0n) is 14.3. The van der Waals surface area contributed by atoms with Crippen LogP contribution in [0.15, 0.2) is 53.6 Å². The number of rotatable bonds is 3. The monoisotopic (exact) mass is 380 g/mol. The first-order chi connectivity index (χ1) is 12.6. The number of alkyl halides is 3. The zero-order valence-corrected chi connectivity index (χ0v) is 14.3. The van der Waals surface area contributed by atoms with Crippen molar-refractivity contribution in [1.29, 1.82) is 0 Å². The molecule has 2 aromatic rings. The van der Waals surface area contributed by atoms with Crippen LogP contribution in [0.1, 0.15) is 23.1 Å². The highest BCUT2D eigenvalue weighted by molar-refractivity contribution is 5.95. The second kappa shape index (κ2) is 6.77. The first kappa shape index (κ1) is 19.0. The molecule has 1 heterocycles. The molecule has 0 aromatic heterocycles. The van der Waals surface area contributed by atoms with E-state index < -0.39 is 35.8 Å². The lowest BCUT2D eigenvalue weighted by Gasteiger charge is -2.31. The number of carbonyl (C=O) groups is 1. The van der Waals surface area contributed by atoms with Gasteiger partial charge in [0.2, 0.25) is 5.91 Å². The van der Waals surface area contributed by atoms with Crippen molar-refractivity contribution in [1.82, 2.24) is 5.01 Å². The summed E-state index contributed by atoms with van der Waals surface area (Å²) < 4.78 is 52.6. The Morgan fingerprint density at radius 1 is 1.15 bits per heavy atom. The van der Waals surface area contributed by atoms with Crippen LogP contribution in [-0.4, -0.2) is 27.9 Å². The maximum Gasteiger partial charge on any atom is 0.431 e. The molecule has 4 nitrogen and oxygen atoms in total. The van der Waals surface area contributed by atoms with Gasteiger partial charge in [-0.25, -0.2) is 4.39 Å². The molecule has 0 aliphatic carbocycles. The largest absolute Gasteiger partial charge is 0.431 e. The van der Waals surface area contributed by atoms with Gasteiger partial charge in [0.15, 0.2) is 5.72 Å². The fraction of sp³-hybridized carbons (Fsp3) is 0.263. The molecule has 27 heavy (non-hydrogen) atoms. The molecule has 0 radical (unpaired) electrons. The molecular formula is C19H16F4N2O2. The third-order valence-corrected chi connectivity index (χ3v) is 4.33. The van der Waals surface area contributed by atoms with Crippen molar-refractivity contribution < 1.29 is 27.5 Å². The zero-order chi connectivity index (χ0) is 19.8. The van der Waals surface area contributed by atoms with Crippen LogP contribution in [0.3, 0.4) is 0 Å². The lowest BCUT2D eigenvalue weighted by molar-refractivity contribution is -0.157. The minimum absolute atomic E-state index is 0.0517. The van der Waals surface area contributed by atoms with Gasteiger partial charge in [0, 0.05) is 5.56 Å². The second-order valence-electron chi connectivity index (χ2n) is 6.41. The van der Waals surface area contributed by atoms with Gasteiger partial charge in [-0.15, -0.1) is 0 Å². The van der Waals surface area contributed by atoms with E-state index in [0.29, 0.717) is 10.6 Å². The molecule has 0 fully saturated rings. The fourth-order valence-electron chi connectivity index (χ4n) is 2.86. The third-order valence-electron chi connectivity index (χ3n) is 4.33. The number of benzene rings is 2. The Bertz CT molecular complexity index is 876. The van der Waals surface area contributed by atoms with Gasteiger partial charge >= 0.3 is 6.18 Å². The molecule has 3 rings (SSSR count). The van der Waals surface area contributed by atoms with E-state index in [2.05, 4.69) is 5.10 Å². The predicted molar refractivity (Wildman–Crippen MR) is 90.1 cm³/mol. The highest BCUT2D eigenvalue weighted by atomic mass is 19.4. The number of hydrazone groups is 1. The SMILES string of the molecule is Cc1ccc(CC(=O)N2N=C(C(F)(F)F)C[C@]2(O)c2ccc(F)cc2)cc1. The quantitative estimate of drug-likeness (QED) is 0.826. The van der Waals surface area contributed by atoms with Gasteiger partial charge < -0.3 is 5.11 Å². The van der Waals surface area contributed by atoms with Crippen LogP contribution in [0.2, 0.25) is 0 Å². The third kappa shape index (κ3) is 3.85. The van der Waals surface area contributed by atoms with E-state index in [-0.39, 0.29) is 12.0 Å². The number of hydrogen-bond acceptors (Lipinski definition) is 3. The van der Waals surface area contributed by atoms with E-state index in [0.717, 1.165) is 29.8 Å². The van der Waals surface area contributed by atoms with Crippen LogP contribution in [0.4, 0.5) is 17.6 Å². The predicted octanol–water partition coefficient (Wildman–Crippen LogP) is 3.67. The van der Waals surface area contributed by atoms with Gasteiger partial charge in [0.25, 0.3) is 0 Å². The van der Waals surface area contributed by atoms with Crippen molar-refractivity contribution in [3.05, 3.63) is 71.0 Å². The molecule has 8 heteroatoms. The van der Waals surface area contributed by atoms with E-state index in [4.69, 9.17) is 0 Å². The van der Waals surface area contributed by atoms with Gasteiger partial charge in [-0.05, 0) is 24.6 Å². The number of aliphatic hydroxyl groups is 1. The molecule has 0 saturated carbocycles. The topological polar surface area (TPSA) is 52.9 Å². The van der Waals surface area contributed by atoms with Crippen LogP contribution in [0.25, 0.3) is 0 Å². The van der Waals surface area contributed by atoms with Crippen molar-refractivity contribution in [2.45, 2.75) is 31.7 Å². The van der Waals surface area contributed by atoms with Gasteiger partial charge in [0.1, 0.15) is 11.5 Å². The summed E-state index contributed by atoms with van der Waals surface area (Å²) >= 11 is 0. The summed E-state index contributed by atoms with van der Waals surface area (Å²) in [6.45, 7) is 1.86. The average molecular weight is 380 g/mol. The molecule has 1 amide bonds. The summed E-state index contributed by atoms with van der Waals surface area (Å²) in [6.07, 6.45) is -5.97. The molecule has 0 spiro atoms. The Hall–Kier alpha value is -2.74. The molecule has 0 saturated heterocycles. The van der Waals surface area contributed by atoms with Gasteiger partial charge in [-0.1, -0.05) is 42.0 Å².